The number of nitrogens with zero attached hydrogens (tertiary/aromatic N) is 1. The first-order chi connectivity index (χ1) is 9.66. The summed E-state index contributed by atoms with van der Waals surface area (Å²) in [5.74, 6) is -1.67. The minimum absolute atomic E-state index is 0.0850. The minimum Gasteiger partial charge on any atom is -0.325 e. The van der Waals surface area contributed by atoms with E-state index in [4.69, 9.17) is 4.84 Å². The average Bonchev–Trinajstić information content (AvgIpc) is 2.78. The van der Waals surface area contributed by atoms with Gasteiger partial charge in [-0.25, -0.2) is 4.79 Å². The molecule has 2 aromatic carbocycles. The first-order valence-corrected chi connectivity index (χ1v) is 6.22. The lowest BCUT2D eigenvalue weighted by Gasteiger charge is -2.13. The minimum atomic E-state index is -0.703. The number of carbonyl (C=O) groups is 3. The number of hydrogen-bond acceptors (Lipinski definition) is 4. The Morgan fingerprint density at radius 3 is 2.35 bits per heavy atom. The number of hydrogen-bond donors (Lipinski definition) is 0. The van der Waals surface area contributed by atoms with Crippen LogP contribution in [0.5, 0.6) is 0 Å². The molecule has 5 nitrogen and oxygen atoms in total. The van der Waals surface area contributed by atoms with Crippen LogP contribution in [-0.2, 0) is 14.4 Å². The quantitative estimate of drug-likeness (QED) is 0.783. The van der Waals surface area contributed by atoms with Crippen LogP contribution in [0.1, 0.15) is 23.2 Å². The molecular weight excluding hydrogens is 258 g/mol. The van der Waals surface area contributed by atoms with Crippen LogP contribution in [0, 0.1) is 0 Å². The number of rotatable bonds is 2. The highest BCUT2D eigenvalue weighted by atomic mass is 16.7. The van der Waals surface area contributed by atoms with Gasteiger partial charge in [-0.3, -0.25) is 9.59 Å². The second-order valence-electron chi connectivity index (χ2n) is 4.49. The van der Waals surface area contributed by atoms with E-state index in [9.17, 15) is 14.4 Å². The van der Waals surface area contributed by atoms with Gasteiger partial charge in [0, 0.05) is 12.8 Å². The van der Waals surface area contributed by atoms with E-state index < -0.39 is 17.8 Å². The number of hydroxylamine groups is 2. The van der Waals surface area contributed by atoms with E-state index in [0.29, 0.717) is 10.6 Å². The summed E-state index contributed by atoms with van der Waals surface area (Å²) in [4.78, 5) is 39.9. The van der Waals surface area contributed by atoms with E-state index in [-0.39, 0.29) is 12.8 Å². The lowest BCUT2D eigenvalue weighted by molar-refractivity contribution is -0.172. The van der Waals surface area contributed by atoms with Gasteiger partial charge in [-0.15, -0.1) is 5.06 Å². The Morgan fingerprint density at radius 2 is 1.60 bits per heavy atom. The van der Waals surface area contributed by atoms with Gasteiger partial charge in [0.15, 0.2) is 0 Å². The van der Waals surface area contributed by atoms with Gasteiger partial charge in [-0.05, 0) is 16.8 Å². The van der Waals surface area contributed by atoms with E-state index in [0.717, 1.165) is 10.8 Å². The molecule has 1 fully saturated rings. The van der Waals surface area contributed by atoms with Crippen molar-refractivity contribution in [3.05, 3.63) is 48.0 Å². The van der Waals surface area contributed by atoms with E-state index in [2.05, 4.69) is 0 Å². The molecule has 2 amide bonds. The highest BCUT2D eigenvalue weighted by Crippen LogP contribution is 2.21. The van der Waals surface area contributed by atoms with E-state index in [1.165, 1.54) is 0 Å². The topological polar surface area (TPSA) is 63.7 Å². The van der Waals surface area contributed by atoms with Gasteiger partial charge in [0.1, 0.15) is 0 Å². The molecule has 0 aliphatic carbocycles. The first-order valence-electron chi connectivity index (χ1n) is 6.22. The molecule has 5 heteroatoms. The highest BCUT2D eigenvalue weighted by molar-refractivity contribution is 6.07. The van der Waals surface area contributed by atoms with Crippen molar-refractivity contribution in [1.29, 1.82) is 0 Å². The van der Waals surface area contributed by atoms with Crippen LogP contribution >= 0.6 is 0 Å². The molecule has 2 aromatic rings. The van der Waals surface area contributed by atoms with Crippen molar-refractivity contribution in [1.82, 2.24) is 5.06 Å². The van der Waals surface area contributed by atoms with Gasteiger partial charge >= 0.3 is 5.97 Å². The summed E-state index contributed by atoms with van der Waals surface area (Å²) in [6, 6.07) is 12.6. The third kappa shape index (κ3) is 2.03. The maximum Gasteiger partial charge on any atom is 0.364 e. The second kappa shape index (κ2) is 4.77. The lowest BCUT2D eigenvalue weighted by Crippen LogP contribution is -2.32. The van der Waals surface area contributed by atoms with Gasteiger partial charge < -0.3 is 4.84 Å². The number of amides is 2. The summed E-state index contributed by atoms with van der Waals surface area (Å²) in [7, 11) is 0. The average molecular weight is 269 g/mol. The van der Waals surface area contributed by atoms with E-state index in [1.807, 2.05) is 24.3 Å². The molecule has 0 aromatic heterocycles. The molecule has 0 atom stereocenters. The van der Waals surface area contributed by atoms with Gasteiger partial charge in [0.2, 0.25) is 0 Å². The molecule has 0 bridgehead atoms. The third-order valence-corrected chi connectivity index (χ3v) is 3.19. The fraction of sp³-hybridized carbons (Fsp3) is 0.133. The fourth-order valence-corrected chi connectivity index (χ4v) is 2.19. The van der Waals surface area contributed by atoms with Crippen molar-refractivity contribution in [2.24, 2.45) is 0 Å². The SMILES string of the molecule is O=C(ON1C(=O)CCC1=O)c1cccc2ccccc12. The number of imide groups is 1. The van der Waals surface area contributed by atoms with Crippen LogP contribution < -0.4 is 0 Å². The van der Waals surface area contributed by atoms with Crippen molar-refractivity contribution < 1.29 is 19.2 Å². The van der Waals surface area contributed by atoms with Crippen LogP contribution in [-0.4, -0.2) is 22.8 Å². The van der Waals surface area contributed by atoms with Crippen molar-refractivity contribution >= 4 is 28.6 Å². The maximum absolute atomic E-state index is 12.1. The molecule has 0 radical (unpaired) electrons. The first kappa shape index (κ1) is 12.3. The molecule has 3 rings (SSSR count). The van der Waals surface area contributed by atoms with Crippen molar-refractivity contribution in [3.63, 3.8) is 0 Å². The summed E-state index contributed by atoms with van der Waals surface area (Å²) >= 11 is 0. The number of carbonyl (C=O) groups excluding carboxylic acids is 3. The van der Waals surface area contributed by atoms with E-state index in [1.54, 1.807) is 18.2 Å². The van der Waals surface area contributed by atoms with Gasteiger partial charge in [-0.1, -0.05) is 36.4 Å². The van der Waals surface area contributed by atoms with Gasteiger partial charge in [0.05, 0.1) is 5.56 Å². The Balaban J connectivity index is 1.93. The van der Waals surface area contributed by atoms with E-state index >= 15 is 0 Å². The molecule has 1 aliphatic heterocycles. The summed E-state index contributed by atoms with van der Waals surface area (Å²) in [5, 5.41) is 2.17. The zero-order valence-corrected chi connectivity index (χ0v) is 10.5. The molecule has 0 saturated carbocycles. The van der Waals surface area contributed by atoms with Crippen LogP contribution in [0.2, 0.25) is 0 Å². The predicted molar refractivity (Wildman–Crippen MR) is 70.5 cm³/mol. The summed E-state index contributed by atoms with van der Waals surface area (Å²) in [6.07, 6.45) is 0.170. The standard InChI is InChI=1S/C15H11NO4/c17-13-8-9-14(18)16(13)20-15(19)12-7-3-5-10-4-1-2-6-11(10)12/h1-7H,8-9H2. The van der Waals surface area contributed by atoms with Gasteiger partial charge in [0.25, 0.3) is 11.8 Å². The molecule has 0 N–H and O–H groups in total. The summed E-state index contributed by atoms with van der Waals surface area (Å²) in [6.45, 7) is 0. The fourth-order valence-electron chi connectivity index (χ4n) is 2.19. The Bertz CT molecular complexity index is 701. The lowest BCUT2D eigenvalue weighted by atomic mass is 10.1. The van der Waals surface area contributed by atoms with Crippen molar-refractivity contribution in [2.75, 3.05) is 0 Å². The molecule has 1 saturated heterocycles. The van der Waals surface area contributed by atoms with Crippen LogP contribution in [0.15, 0.2) is 42.5 Å². The molecule has 20 heavy (non-hydrogen) atoms. The Hall–Kier alpha value is -2.69. The Kier molecular flexibility index (Phi) is 2.95. The molecule has 0 unspecified atom stereocenters. The number of benzene rings is 2. The van der Waals surface area contributed by atoms with Crippen LogP contribution in [0.4, 0.5) is 0 Å². The molecule has 1 aliphatic rings. The Labute approximate surface area is 114 Å². The summed E-state index contributed by atoms with van der Waals surface area (Å²) < 4.78 is 0. The largest absolute Gasteiger partial charge is 0.364 e. The number of fused-ring (bicyclic) bond motifs is 1. The maximum atomic E-state index is 12.1. The normalized spacial score (nSPS) is 14.9. The van der Waals surface area contributed by atoms with Gasteiger partial charge in [-0.2, -0.15) is 0 Å². The predicted octanol–water partition coefficient (Wildman–Crippen LogP) is 2.06. The monoisotopic (exact) mass is 269 g/mol. The van der Waals surface area contributed by atoms with Crippen molar-refractivity contribution in [3.8, 4) is 0 Å². The summed E-state index contributed by atoms with van der Waals surface area (Å²) in [5.41, 5.74) is 0.329. The molecule has 0 spiro atoms. The molecule has 1 heterocycles. The third-order valence-electron chi connectivity index (χ3n) is 3.19. The smallest absolute Gasteiger partial charge is 0.325 e. The Morgan fingerprint density at radius 1 is 0.950 bits per heavy atom. The van der Waals surface area contributed by atoms with Crippen molar-refractivity contribution in [2.45, 2.75) is 12.8 Å². The zero-order chi connectivity index (χ0) is 14.1. The zero-order valence-electron chi connectivity index (χ0n) is 10.5. The molecular formula is C15H11NO4. The highest BCUT2D eigenvalue weighted by Gasteiger charge is 2.33. The molecule has 100 valence electrons. The van der Waals surface area contributed by atoms with Crippen LogP contribution in [0.25, 0.3) is 10.8 Å². The second-order valence-corrected chi connectivity index (χ2v) is 4.49. The van der Waals surface area contributed by atoms with Crippen LogP contribution in [0.3, 0.4) is 0 Å².